The molecule has 2 heterocycles. The number of ketones is 2. The van der Waals surface area contributed by atoms with Crippen molar-refractivity contribution in [1.82, 2.24) is 0 Å². The fourth-order valence-corrected chi connectivity index (χ4v) is 4.71. The molecule has 7 nitrogen and oxygen atoms in total. The fourth-order valence-electron chi connectivity index (χ4n) is 4.71. The molecule has 2 N–H and O–H groups in total. The van der Waals surface area contributed by atoms with Crippen molar-refractivity contribution in [2.75, 3.05) is 0 Å². The predicted octanol–water partition coefficient (Wildman–Crippen LogP) is 2.12. The summed E-state index contributed by atoms with van der Waals surface area (Å²) >= 11 is 0. The number of aromatic hydroxyl groups is 1. The van der Waals surface area contributed by atoms with Crippen molar-refractivity contribution in [1.29, 1.82) is 0 Å². The van der Waals surface area contributed by atoms with E-state index in [9.17, 15) is 19.8 Å². The van der Waals surface area contributed by atoms with Crippen LogP contribution in [0.4, 0.5) is 0 Å². The number of benzene rings is 2. The van der Waals surface area contributed by atoms with E-state index < -0.39 is 23.5 Å². The van der Waals surface area contributed by atoms with Crippen LogP contribution in [0.25, 0.3) is 0 Å². The van der Waals surface area contributed by atoms with Gasteiger partial charge in [0.25, 0.3) is 5.79 Å². The Morgan fingerprint density at radius 3 is 2.67 bits per heavy atom. The van der Waals surface area contributed by atoms with Crippen molar-refractivity contribution in [3.05, 3.63) is 52.6 Å². The number of rotatable bonds is 0. The molecule has 4 aliphatic rings. The number of aliphatic hydroxyl groups excluding tert-OH is 1. The molecular formula is C20H14O7. The van der Waals surface area contributed by atoms with Crippen molar-refractivity contribution < 1.29 is 34.0 Å². The summed E-state index contributed by atoms with van der Waals surface area (Å²) in [5, 5.41) is 21.1. The van der Waals surface area contributed by atoms with Crippen LogP contribution in [0, 0.1) is 0 Å². The molecule has 0 aromatic heterocycles. The Kier molecular flexibility index (Phi) is 2.53. The lowest BCUT2D eigenvalue weighted by Gasteiger charge is -2.56. The minimum atomic E-state index is -1.68. The van der Waals surface area contributed by atoms with Gasteiger partial charge in [-0.15, -0.1) is 0 Å². The zero-order valence-electron chi connectivity index (χ0n) is 14.0. The van der Waals surface area contributed by atoms with Crippen LogP contribution in [0.15, 0.2) is 30.3 Å². The lowest BCUT2D eigenvalue weighted by atomic mass is 9.77. The number of ether oxygens (including phenoxy) is 3. The second-order valence-corrected chi connectivity index (χ2v) is 7.30. The molecule has 2 aliphatic heterocycles. The normalized spacial score (nSPS) is 32.1. The van der Waals surface area contributed by atoms with Gasteiger partial charge >= 0.3 is 0 Å². The molecule has 2 aromatic rings. The SMILES string of the molecule is O=C1CC[C@]23Oc4ccc(O)c5c4[C@](Oc4cccc1c42)(O3)[C@H](O)CC5=O. The summed E-state index contributed by atoms with van der Waals surface area (Å²) in [7, 11) is 0. The maximum atomic E-state index is 12.5. The van der Waals surface area contributed by atoms with Crippen LogP contribution < -0.4 is 9.47 Å². The molecule has 0 amide bonds. The molecule has 3 atom stereocenters. The smallest absolute Gasteiger partial charge is 0.271 e. The molecule has 0 radical (unpaired) electrons. The van der Waals surface area contributed by atoms with E-state index in [2.05, 4.69) is 0 Å². The van der Waals surface area contributed by atoms with Crippen LogP contribution in [0.1, 0.15) is 51.1 Å². The Balaban J connectivity index is 1.72. The highest BCUT2D eigenvalue weighted by Gasteiger charge is 2.66. The van der Waals surface area contributed by atoms with Crippen molar-refractivity contribution in [3.8, 4) is 17.2 Å². The summed E-state index contributed by atoms with van der Waals surface area (Å²) < 4.78 is 18.6. The summed E-state index contributed by atoms with van der Waals surface area (Å²) in [6.45, 7) is 0. The third-order valence-corrected chi connectivity index (χ3v) is 5.83. The highest BCUT2D eigenvalue weighted by Crippen LogP contribution is 2.61. The molecule has 0 saturated heterocycles. The first-order chi connectivity index (χ1) is 13.0. The second kappa shape index (κ2) is 4.49. The number of hydrogen-bond donors (Lipinski definition) is 2. The number of phenolic OH excluding ortho intramolecular Hbond substituents is 1. The molecule has 0 saturated carbocycles. The van der Waals surface area contributed by atoms with E-state index in [4.69, 9.17) is 14.2 Å². The molecule has 2 aromatic carbocycles. The van der Waals surface area contributed by atoms with Gasteiger partial charge in [-0.1, -0.05) is 12.1 Å². The molecule has 7 heteroatoms. The van der Waals surface area contributed by atoms with Gasteiger partial charge in [-0.2, -0.15) is 0 Å². The van der Waals surface area contributed by atoms with Crippen molar-refractivity contribution >= 4 is 11.6 Å². The number of hydrogen-bond acceptors (Lipinski definition) is 7. The van der Waals surface area contributed by atoms with Gasteiger partial charge < -0.3 is 19.7 Å². The minimum absolute atomic E-state index is 0.0270. The van der Waals surface area contributed by atoms with E-state index in [1.807, 2.05) is 0 Å². The standard InChI is InChI=1S/C20H14O7/c21-10-6-7-19-17-9(10)2-1-3-13(17)26-20(27-19)15(24)8-12(23)16-11(22)4-5-14(25-19)18(16)20/h1-5,15,22,24H,6-8H2/t15-,19-,20-/m1/s1. The molecule has 0 unspecified atom stereocenters. The number of carbonyl (C=O) groups excluding carboxylic acids is 2. The summed E-state index contributed by atoms with van der Waals surface area (Å²) in [5.41, 5.74) is 1.22. The third kappa shape index (κ3) is 1.60. The Bertz CT molecular complexity index is 1070. The third-order valence-electron chi connectivity index (χ3n) is 5.83. The number of carbonyl (C=O) groups is 2. The number of Topliss-reactive ketones (excluding diaryl/α,β-unsaturated/α-hetero) is 2. The lowest BCUT2D eigenvalue weighted by Crippen LogP contribution is -2.63. The monoisotopic (exact) mass is 366 g/mol. The van der Waals surface area contributed by atoms with E-state index in [0.29, 0.717) is 22.6 Å². The Morgan fingerprint density at radius 2 is 1.81 bits per heavy atom. The van der Waals surface area contributed by atoms with Gasteiger partial charge in [-0.05, 0) is 18.2 Å². The summed E-state index contributed by atoms with van der Waals surface area (Å²) in [4.78, 5) is 24.9. The lowest BCUT2D eigenvalue weighted by molar-refractivity contribution is -0.385. The minimum Gasteiger partial charge on any atom is -0.507 e. The van der Waals surface area contributed by atoms with E-state index in [1.165, 1.54) is 12.1 Å². The van der Waals surface area contributed by atoms with Gasteiger partial charge in [0.2, 0.25) is 5.79 Å². The fraction of sp³-hybridized carbons (Fsp3) is 0.300. The highest BCUT2D eigenvalue weighted by atomic mass is 16.8. The first-order valence-electron chi connectivity index (χ1n) is 8.78. The van der Waals surface area contributed by atoms with E-state index in [-0.39, 0.29) is 41.9 Å². The first kappa shape index (κ1) is 15.2. The maximum Gasteiger partial charge on any atom is 0.271 e. The maximum absolute atomic E-state index is 12.5. The van der Waals surface area contributed by atoms with Gasteiger partial charge in [0.05, 0.1) is 16.7 Å². The largest absolute Gasteiger partial charge is 0.507 e. The molecule has 2 bridgehead atoms. The number of aliphatic hydroxyl groups is 1. The topological polar surface area (TPSA) is 102 Å². The zero-order chi connectivity index (χ0) is 18.6. The quantitative estimate of drug-likeness (QED) is 0.736. The van der Waals surface area contributed by atoms with Gasteiger partial charge in [0, 0.05) is 24.8 Å². The van der Waals surface area contributed by atoms with Crippen molar-refractivity contribution in [3.63, 3.8) is 0 Å². The van der Waals surface area contributed by atoms with Gasteiger partial charge in [-0.3, -0.25) is 14.3 Å². The van der Waals surface area contributed by atoms with Crippen molar-refractivity contribution in [2.45, 2.75) is 36.9 Å². The summed E-state index contributed by atoms with van der Waals surface area (Å²) in [5.74, 6) is -2.94. The van der Waals surface area contributed by atoms with Crippen LogP contribution in [0.2, 0.25) is 0 Å². The first-order valence-corrected chi connectivity index (χ1v) is 8.78. The van der Waals surface area contributed by atoms with Gasteiger partial charge in [-0.25, -0.2) is 0 Å². The highest BCUT2D eigenvalue weighted by molar-refractivity contribution is 6.03. The van der Waals surface area contributed by atoms with Gasteiger partial charge in [0.15, 0.2) is 11.6 Å². The average Bonchev–Trinajstić information content (AvgIpc) is 2.64. The van der Waals surface area contributed by atoms with E-state index >= 15 is 0 Å². The molecule has 27 heavy (non-hydrogen) atoms. The van der Waals surface area contributed by atoms with Gasteiger partial charge in [0.1, 0.15) is 23.4 Å². The summed E-state index contributed by atoms with van der Waals surface area (Å²) in [6.07, 6.45) is -1.05. The number of phenols is 1. The molecule has 0 fully saturated rings. The molecule has 136 valence electrons. The second-order valence-electron chi connectivity index (χ2n) is 7.30. The molecule has 6 rings (SSSR count). The molecule has 2 spiro atoms. The Morgan fingerprint density at radius 1 is 1.00 bits per heavy atom. The van der Waals surface area contributed by atoms with Crippen LogP contribution in [-0.4, -0.2) is 27.9 Å². The zero-order valence-corrected chi connectivity index (χ0v) is 14.0. The van der Waals surface area contributed by atoms with Crippen LogP contribution >= 0.6 is 0 Å². The van der Waals surface area contributed by atoms with E-state index in [0.717, 1.165) is 0 Å². The van der Waals surface area contributed by atoms with Crippen LogP contribution in [0.5, 0.6) is 17.2 Å². The molecular weight excluding hydrogens is 352 g/mol. The predicted molar refractivity (Wildman–Crippen MR) is 88.8 cm³/mol. The van der Waals surface area contributed by atoms with Crippen LogP contribution in [-0.2, 0) is 16.3 Å². The average molecular weight is 366 g/mol. The Hall–Kier alpha value is -2.90. The Labute approximate surface area is 153 Å². The van der Waals surface area contributed by atoms with Crippen molar-refractivity contribution in [2.24, 2.45) is 0 Å². The van der Waals surface area contributed by atoms with E-state index in [1.54, 1.807) is 18.2 Å². The van der Waals surface area contributed by atoms with Crippen LogP contribution in [0.3, 0.4) is 0 Å². The molecule has 2 aliphatic carbocycles. The summed E-state index contributed by atoms with van der Waals surface area (Å²) in [6, 6.07) is 8.01.